The van der Waals surface area contributed by atoms with Crippen molar-refractivity contribution >= 4 is 22.9 Å². The van der Waals surface area contributed by atoms with Crippen molar-refractivity contribution in [3.8, 4) is 0 Å². The molecule has 0 spiro atoms. The summed E-state index contributed by atoms with van der Waals surface area (Å²) in [4.78, 5) is 0. The van der Waals surface area contributed by atoms with E-state index in [0.29, 0.717) is 5.92 Å². The molecule has 0 saturated heterocycles. The molecule has 0 amide bonds. The number of rotatable bonds is 0. The highest BCUT2D eigenvalue weighted by Gasteiger charge is 2.33. The second-order valence-electron chi connectivity index (χ2n) is 6.33. The number of hydrogen-bond donors (Lipinski definition) is 0. The number of hydrogen-bond acceptors (Lipinski definition) is 0. The van der Waals surface area contributed by atoms with Crippen LogP contribution in [0.4, 0.5) is 0 Å². The number of allylic oxidation sites excluding steroid dienone is 6. The molecule has 0 heteroatoms. The largest absolute Gasteiger partial charge is 0.0610 e. The lowest BCUT2D eigenvalue weighted by atomic mass is 9.68. The van der Waals surface area contributed by atoms with Gasteiger partial charge in [-0.05, 0) is 69.7 Å². The lowest BCUT2D eigenvalue weighted by molar-refractivity contribution is 0.927. The lowest BCUT2D eigenvalue weighted by Crippen LogP contribution is -2.17. The van der Waals surface area contributed by atoms with Gasteiger partial charge in [-0.3, -0.25) is 0 Å². The van der Waals surface area contributed by atoms with Crippen molar-refractivity contribution < 1.29 is 0 Å². The van der Waals surface area contributed by atoms with Crippen LogP contribution in [0.2, 0.25) is 0 Å². The van der Waals surface area contributed by atoms with Crippen LogP contribution in [0, 0.1) is 0 Å². The smallest absolute Gasteiger partial charge is 0.0355 e. The molecule has 3 aliphatic carbocycles. The van der Waals surface area contributed by atoms with E-state index in [2.05, 4.69) is 68.5 Å². The highest BCUT2D eigenvalue weighted by atomic mass is 14.4. The fraction of sp³-hybridized carbons (Fsp3) is 0.143. The summed E-state index contributed by atoms with van der Waals surface area (Å²) in [7, 11) is 0. The topological polar surface area (TPSA) is 0 Å². The van der Waals surface area contributed by atoms with Crippen LogP contribution in [0.25, 0.3) is 22.9 Å². The summed E-state index contributed by atoms with van der Waals surface area (Å²) in [6.07, 6.45) is 9.36. The van der Waals surface area contributed by atoms with Gasteiger partial charge in [-0.2, -0.15) is 0 Å². The summed E-state index contributed by atoms with van der Waals surface area (Å²) in [6, 6.07) is 11.2. The van der Waals surface area contributed by atoms with Gasteiger partial charge in [0.25, 0.3) is 0 Å². The molecule has 0 heterocycles. The third-order valence-corrected chi connectivity index (χ3v) is 5.26. The molecule has 0 bridgehead atoms. The molecule has 1 unspecified atom stereocenters. The molecular weight excluding hydrogens is 252 g/mol. The zero-order chi connectivity index (χ0) is 14.1. The van der Waals surface area contributed by atoms with Crippen LogP contribution in [-0.2, 0) is 0 Å². The minimum absolute atomic E-state index is 0.437. The Bertz CT molecular complexity index is 945. The summed E-state index contributed by atoms with van der Waals surface area (Å²) in [5.41, 5.74) is 10.0. The molecule has 0 saturated carbocycles. The minimum Gasteiger partial charge on any atom is -0.0610 e. The highest BCUT2D eigenvalue weighted by molar-refractivity contribution is 6.01. The minimum atomic E-state index is 0.437. The van der Waals surface area contributed by atoms with Crippen molar-refractivity contribution in [2.24, 2.45) is 0 Å². The van der Waals surface area contributed by atoms with Gasteiger partial charge in [0.1, 0.15) is 0 Å². The molecule has 21 heavy (non-hydrogen) atoms. The first kappa shape index (κ1) is 11.3. The third-order valence-electron chi connectivity index (χ3n) is 5.26. The lowest BCUT2D eigenvalue weighted by Gasteiger charge is -2.35. The van der Waals surface area contributed by atoms with Crippen LogP contribution in [0.5, 0.6) is 0 Å². The summed E-state index contributed by atoms with van der Waals surface area (Å²) >= 11 is 0. The van der Waals surface area contributed by atoms with E-state index in [1.807, 2.05) is 0 Å². The van der Waals surface area contributed by atoms with Crippen LogP contribution >= 0.6 is 0 Å². The molecule has 5 rings (SSSR count). The van der Waals surface area contributed by atoms with E-state index in [1.54, 1.807) is 0 Å². The van der Waals surface area contributed by atoms with Gasteiger partial charge < -0.3 is 0 Å². The zero-order valence-corrected chi connectivity index (χ0v) is 12.3. The Hall–Kier alpha value is -2.34. The Labute approximate surface area is 124 Å². The van der Waals surface area contributed by atoms with Crippen LogP contribution in [0.1, 0.15) is 36.5 Å². The van der Waals surface area contributed by atoms with Crippen molar-refractivity contribution in [1.29, 1.82) is 0 Å². The fourth-order valence-corrected chi connectivity index (χ4v) is 4.11. The summed E-state index contributed by atoms with van der Waals surface area (Å²) in [6.45, 7) is 4.49. The molecule has 1 atom stereocenters. The molecule has 3 aliphatic rings. The Morgan fingerprint density at radius 2 is 1.76 bits per heavy atom. The molecular formula is C21H16. The first-order valence-corrected chi connectivity index (χ1v) is 7.59. The quantitative estimate of drug-likeness (QED) is 0.581. The average molecular weight is 268 g/mol. The van der Waals surface area contributed by atoms with Crippen molar-refractivity contribution in [1.82, 2.24) is 0 Å². The Morgan fingerprint density at radius 3 is 2.67 bits per heavy atom. The molecule has 2 aromatic carbocycles. The van der Waals surface area contributed by atoms with Crippen molar-refractivity contribution in [2.45, 2.75) is 19.8 Å². The first-order chi connectivity index (χ1) is 10.2. The van der Waals surface area contributed by atoms with Crippen molar-refractivity contribution in [3.63, 3.8) is 0 Å². The number of benzene rings is 2. The maximum absolute atomic E-state index is 2.41. The van der Waals surface area contributed by atoms with Gasteiger partial charge in [0, 0.05) is 5.92 Å². The van der Waals surface area contributed by atoms with E-state index < -0.39 is 0 Å². The second-order valence-corrected chi connectivity index (χ2v) is 6.33. The highest BCUT2D eigenvalue weighted by Crippen LogP contribution is 2.51. The van der Waals surface area contributed by atoms with Gasteiger partial charge in [-0.1, -0.05) is 48.6 Å². The van der Waals surface area contributed by atoms with Gasteiger partial charge in [0.15, 0.2) is 0 Å². The normalized spacial score (nSPS) is 21.5. The van der Waals surface area contributed by atoms with Crippen molar-refractivity contribution in [3.05, 3.63) is 81.5 Å². The average Bonchev–Trinajstić information content (AvgIpc) is 2.51. The molecule has 0 fully saturated rings. The maximum Gasteiger partial charge on any atom is 0.0355 e. The van der Waals surface area contributed by atoms with E-state index in [0.717, 1.165) is 0 Å². The molecule has 0 nitrogen and oxygen atoms in total. The second kappa shape index (κ2) is 3.65. The van der Waals surface area contributed by atoms with Gasteiger partial charge in [0.05, 0.1) is 0 Å². The molecule has 0 aliphatic heterocycles. The first-order valence-electron chi connectivity index (χ1n) is 7.59. The Morgan fingerprint density at radius 1 is 0.857 bits per heavy atom. The Kier molecular flexibility index (Phi) is 1.97. The van der Waals surface area contributed by atoms with E-state index >= 15 is 0 Å². The van der Waals surface area contributed by atoms with Crippen LogP contribution in [0.15, 0.2) is 64.8 Å². The van der Waals surface area contributed by atoms with Crippen LogP contribution in [0.3, 0.4) is 0 Å². The van der Waals surface area contributed by atoms with Crippen LogP contribution < -0.4 is 0 Å². The summed E-state index contributed by atoms with van der Waals surface area (Å²) in [5, 5.41) is 2.81. The zero-order valence-electron chi connectivity index (χ0n) is 12.3. The molecule has 0 aromatic heterocycles. The van der Waals surface area contributed by atoms with Gasteiger partial charge in [-0.25, -0.2) is 0 Å². The predicted octanol–water partition coefficient (Wildman–Crippen LogP) is 5.62. The van der Waals surface area contributed by atoms with E-state index in [-0.39, 0.29) is 0 Å². The molecule has 0 radical (unpaired) electrons. The summed E-state index contributed by atoms with van der Waals surface area (Å²) < 4.78 is 0. The molecule has 2 aromatic rings. The SMILES string of the molecule is CC1=C(C)C2=Cc3cccc4ccc5c(c34)C2C(=C1)C=C5. The molecule has 100 valence electrons. The van der Waals surface area contributed by atoms with Gasteiger partial charge >= 0.3 is 0 Å². The van der Waals surface area contributed by atoms with E-state index in [4.69, 9.17) is 0 Å². The third kappa shape index (κ3) is 1.30. The fourth-order valence-electron chi connectivity index (χ4n) is 4.11. The summed E-state index contributed by atoms with van der Waals surface area (Å²) in [5.74, 6) is 0.437. The maximum atomic E-state index is 2.41. The van der Waals surface area contributed by atoms with E-state index in [1.165, 1.54) is 49.8 Å². The monoisotopic (exact) mass is 268 g/mol. The molecule has 0 N–H and O–H groups in total. The van der Waals surface area contributed by atoms with E-state index in [9.17, 15) is 0 Å². The van der Waals surface area contributed by atoms with Gasteiger partial charge in [0.2, 0.25) is 0 Å². The van der Waals surface area contributed by atoms with Crippen LogP contribution in [-0.4, -0.2) is 0 Å². The Balaban J connectivity index is 2.02. The predicted molar refractivity (Wildman–Crippen MR) is 90.2 cm³/mol. The standard InChI is InChI=1S/C21H16/c1-12-10-17-9-8-15-7-6-14-4-3-5-16-11-18(13(12)2)20(17)21(15)19(14)16/h3-11,20H,1-2H3. The van der Waals surface area contributed by atoms with Gasteiger partial charge in [-0.15, -0.1) is 0 Å². The van der Waals surface area contributed by atoms with Crippen molar-refractivity contribution in [2.75, 3.05) is 0 Å².